The van der Waals surface area contributed by atoms with E-state index in [1.165, 1.54) is 0 Å². The van der Waals surface area contributed by atoms with Gasteiger partial charge in [-0.25, -0.2) is 9.69 Å². The number of morpholine rings is 1. The molecule has 0 bridgehead atoms. The highest BCUT2D eigenvalue weighted by atomic mass is 16.5. The van der Waals surface area contributed by atoms with E-state index in [9.17, 15) is 19.2 Å². The molecule has 2 aliphatic heterocycles. The van der Waals surface area contributed by atoms with E-state index in [0.717, 1.165) is 23.7 Å². The predicted molar refractivity (Wildman–Crippen MR) is 97.2 cm³/mol. The Balaban J connectivity index is 1.58. The van der Waals surface area contributed by atoms with Crippen molar-refractivity contribution in [1.82, 2.24) is 9.80 Å². The Bertz CT molecular complexity index is 743. The Kier molecular flexibility index (Phi) is 5.70. The molecule has 2 saturated heterocycles. The molecule has 0 unspecified atom stereocenters. The minimum Gasteiger partial charge on any atom is -0.378 e. The molecule has 9 heteroatoms. The summed E-state index contributed by atoms with van der Waals surface area (Å²) in [4.78, 5) is 51.8. The number of hydrogen-bond acceptors (Lipinski definition) is 6. The molecule has 2 fully saturated rings. The van der Waals surface area contributed by atoms with Gasteiger partial charge < -0.3 is 15.0 Å². The van der Waals surface area contributed by atoms with Crippen LogP contribution in [-0.4, -0.2) is 72.9 Å². The van der Waals surface area contributed by atoms with E-state index in [0.29, 0.717) is 30.2 Å². The molecule has 9 nitrogen and oxygen atoms in total. The van der Waals surface area contributed by atoms with Crippen molar-refractivity contribution in [2.75, 3.05) is 49.6 Å². The maximum absolute atomic E-state index is 12.2. The summed E-state index contributed by atoms with van der Waals surface area (Å²) in [5.74, 6) is -2.39. The van der Waals surface area contributed by atoms with Crippen LogP contribution in [0.4, 0.5) is 16.2 Å². The largest absolute Gasteiger partial charge is 0.378 e. The average Bonchev–Trinajstić information content (AvgIpc) is 2.88. The summed E-state index contributed by atoms with van der Waals surface area (Å²) in [6.45, 7) is 4.45. The van der Waals surface area contributed by atoms with Crippen LogP contribution < -0.4 is 10.2 Å². The first-order valence-corrected chi connectivity index (χ1v) is 8.91. The van der Waals surface area contributed by atoms with Crippen LogP contribution in [-0.2, 0) is 19.1 Å². The highest BCUT2D eigenvalue weighted by molar-refractivity contribution is 6.45. The van der Waals surface area contributed by atoms with Crippen molar-refractivity contribution in [3.8, 4) is 0 Å². The number of urea groups is 1. The van der Waals surface area contributed by atoms with Gasteiger partial charge in [-0.05, 0) is 30.7 Å². The molecule has 0 spiro atoms. The fraction of sp³-hybridized carbons (Fsp3) is 0.444. The Hall–Kier alpha value is -2.94. The first-order valence-electron chi connectivity index (χ1n) is 8.91. The van der Waals surface area contributed by atoms with Crippen LogP contribution in [0.2, 0.25) is 0 Å². The van der Waals surface area contributed by atoms with Crippen LogP contribution in [0.3, 0.4) is 0 Å². The van der Waals surface area contributed by atoms with E-state index in [4.69, 9.17) is 4.74 Å². The Morgan fingerprint density at radius 3 is 2.30 bits per heavy atom. The van der Waals surface area contributed by atoms with Gasteiger partial charge >= 0.3 is 17.8 Å². The maximum Gasteiger partial charge on any atom is 0.334 e. The van der Waals surface area contributed by atoms with Gasteiger partial charge in [-0.2, -0.15) is 0 Å². The third kappa shape index (κ3) is 4.08. The van der Waals surface area contributed by atoms with E-state index in [1.807, 2.05) is 12.1 Å². The highest BCUT2D eigenvalue weighted by Gasteiger charge is 2.44. The lowest BCUT2D eigenvalue weighted by Crippen LogP contribution is -2.39. The smallest absolute Gasteiger partial charge is 0.334 e. The van der Waals surface area contributed by atoms with Crippen LogP contribution in [0, 0.1) is 0 Å². The molecule has 1 N–H and O–H groups in total. The lowest BCUT2D eigenvalue weighted by Gasteiger charge is -2.28. The molecule has 0 saturated carbocycles. The van der Waals surface area contributed by atoms with Crippen LogP contribution >= 0.6 is 0 Å². The van der Waals surface area contributed by atoms with Gasteiger partial charge in [0.2, 0.25) is 5.91 Å². The van der Waals surface area contributed by atoms with E-state index >= 15 is 0 Å². The molecular weight excluding hydrogens is 352 g/mol. The van der Waals surface area contributed by atoms with Crippen molar-refractivity contribution in [2.45, 2.75) is 13.3 Å². The van der Waals surface area contributed by atoms with Crippen molar-refractivity contribution >= 4 is 35.1 Å². The predicted octanol–water partition coefficient (Wildman–Crippen LogP) is 0.662. The Morgan fingerprint density at radius 2 is 1.67 bits per heavy atom. The number of carbonyl (C=O) groups is 4. The van der Waals surface area contributed by atoms with Crippen LogP contribution in [0.25, 0.3) is 0 Å². The molecule has 144 valence electrons. The zero-order valence-electron chi connectivity index (χ0n) is 15.1. The number of rotatable bonds is 6. The molecule has 5 amide bonds. The second kappa shape index (κ2) is 8.17. The summed E-state index contributed by atoms with van der Waals surface area (Å²) in [6, 6.07) is 6.54. The van der Waals surface area contributed by atoms with Crippen LogP contribution in [0.1, 0.15) is 13.3 Å². The topological polar surface area (TPSA) is 99.3 Å². The fourth-order valence-corrected chi connectivity index (χ4v) is 3.03. The second-order valence-corrected chi connectivity index (χ2v) is 6.33. The SMILES string of the molecule is CCCN1C(=O)C(=O)N(CC(=O)Nc2ccc(N3CCOCC3)cc2)C1=O. The summed E-state index contributed by atoms with van der Waals surface area (Å²) < 4.78 is 5.32. The number of nitrogens with one attached hydrogen (secondary N) is 1. The van der Waals surface area contributed by atoms with Gasteiger partial charge in [0.25, 0.3) is 0 Å². The standard InChI is InChI=1S/C18H22N4O5/c1-2-7-21-16(24)17(25)22(18(21)26)12-15(23)19-13-3-5-14(6-4-13)20-8-10-27-11-9-20/h3-6H,2,7-12H2,1H3,(H,19,23). The molecule has 0 aromatic heterocycles. The quantitative estimate of drug-likeness (QED) is 0.580. The summed E-state index contributed by atoms with van der Waals surface area (Å²) in [7, 11) is 0. The van der Waals surface area contributed by atoms with E-state index in [-0.39, 0.29) is 6.54 Å². The number of amides is 5. The normalized spacial score (nSPS) is 17.7. The molecule has 0 atom stereocenters. The zero-order chi connectivity index (χ0) is 19.4. The first-order chi connectivity index (χ1) is 13.0. The molecule has 1 aromatic carbocycles. The van der Waals surface area contributed by atoms with E-state index in [1.54, 1.807) is 19.1 Å². The van der Waals surface area contributed by atoms with E-state index in [2.05, 4.69) is 10.2 Å². The van der Waals surface area contributed by atoms with Crippen molar-refractivity contribution < 1.29 is 23.9 Å². The molecule has 0 radical (unpaired) electrons. The second-order valence-electron chi connectivity index (χ2n) is 6.33. The summed E-state index contributed by atoms with van der Waals surface area (Å²) in [5.41, 5.74) is 1.58. The average molecular weight is 374 g/mol. The summed E-state index contributed by atoms with van der Waals surface area (Å²) >= 11 is 0. The number of anilines is 2. The zero-order valence-corrected chi connectivity index (χ0v) is 15.1. The van der Waals surface area contributed by atoms with Crippen LogP contribution in [0.5, 0.6) is 0 Å². The Labute approximate surface area is 156 Å². The van der Waals surface area contributed by atoms with Gasteiger partial charge in [-0.3, -0.25) is 19.3 Å². The van der Waals surface area contributed by atoms with Gasteiger partial charge in [-0.1, -0.05) is 6.92 Å². The van der Waals surface area contributed by atoms with Crippen molar-refractivity contribution in [3.05, 3.63) is 24.3 Å². The summed E-state index contributed by atoms with van der Waals surface area (Å²) in [6.07, 6.45) is 0.542. The molecule has 2 heterocycles. The number of carbonyl (C=O) groups excluding carboxylic acids is 4. The van der Waals surface area contributed by atoms with Crippen molar-refractivity contribution in [2.24, 2.45) is 0 Å². The third-order valence-electron chi connectivity index (χ3n) is 4.41. The van der Waals surface area contributed by atoms with Gasteiger partial charge in [0.1, 0.15) is 6.54 Å². The monoisotopic (exact) mass is 374 g/mol. The molecule has 2 aliphatic rings. The summed E-state index contributed by atoms with van der Waals surface area (Å²) in [5, 5.41) is 2.64. The van der Waals surface area contributed by atoms with Crippen LogP contribution in [0.15, 0.2) is 24.3 Å². The van der Waals surface area contributed by atoms with E-state index < -0.39 is 30.3 Å². The Morgan fingerprint density at radius 1 is 1.04 bits per heavy atom. The number of benzene rings is 1. The molecule has 27 heavy (non-hydrogen) atoms. The van der Waals surface area contributed by atoms with Gasteiger partial charge in [0, 0.05) is 31.0 Å². The van der Waals surface area contributed by atoms with Crippen molar-refractivity contribution in [3.63, 3.8) is 0 Å². The minimum atomic E-state index is -0.966. The molecule has 3 rings (SSSR count). The number of nitrogens with zero attached hydrogens (tertiary/aromatic N) is 3. The third-order valence-corrected chi connectivity index (χ3v) is 4.41. The minimum absolute atomic E-state index is 0.157. The van der Waals surface area contributed by atoms with Gasteiger partial charge in [0.15, 0.2) is 0 Å². The first kappa shape index (κ1) is 18.8. The number of imide groups is 2. The van der Waals surface area contributed by atoms with Gasteiger partial charge in [0.05, 0.1) is 13.2 Å². The fourth-order valence-electron chi connectivity index (χ4n) is 3.03. The molecule has 0 aliphatic carbocycles. The van der Waals surface area contributed by atoms with Gasteiger partial charge in [-0.15, -0.1) is 0 Å². The number of ether oxygens (including phenoxy) is 1. The lowest BCUT2D eigenvalue weighted by atomic mass is 10.2. The lowest BCUT2D eigenvalue weighted by molar-refractivity contribution is -0.143. The molecule has 1 aromatic rings. The van der Waals surface area contributed by atoms with Crippen molar-refractivity contribution in [1.29, 1.82) is 0 Å². The number of hydrogen-bond donors (Lipinski definition) is 1. The molecular formula is C18H22N4O5. The maximum atomic E-state index is 12.2. The highest BCUT2D eigenvalue weighted by Crippen LogP contribution is 2.19.